The Bertz CT molecular complexity index is 397. The van der Waals surface area contributed by atoms with E-state index in [1.54, 1.807) is 14.1 Å². The summed E-state index contributed by atoms with van der Waals surface area (Å²) in [6.07, 6.45) is 0.989. The Balaban J connectivity index is 2.36. The number of aromatic nitrogens is 2. The van der Waals surface area contributed by atoms with E-state index < -0.39 is 5.82 Å². The number of carbonyl (C=O) groups is 1. The van der Waals surface area contributed by atoms with Crippen molar-refractivity contribution < 1.29 is 9.18 Å². The third-order valence-electron chi connectivity index (χ3n) is 1.86. The summed E-state index contributed by atoms with van der Waals surface area (Å²) in [6, 6.07) is -0.213. The van der Waals surface area contributed by atoms with Gasteiger partial charge in [0.2, 0.25) is 5.95 Å². The van der Waals surface area contributed by atoms with Crippen LogP contribution in [-0.4, -0.2) is 48.1 Å². The van der Waals surface area contributed by atoms with Crippen molar-refractivity contribution in [3.63, 3.8) is 0 Å². The monoisotopic (exact) mass is 242 g/mol. The minimum atomic E-state index is -0.585. The van der Waals surface area contributed by atoms with Gasteiger partial charge in [0.05, 0.1) is 6.20 Å². The number of hydrogen-bond acceptors (Lipinski definition) is 5. The van der Waals surface area contributed by atoms with Crippen LogP contribution in [-0.2, 0) is 0 Å². The second-order valence-electron chi connectivity index (χ2n) is 3.48. The molecule has 1 aromatic rings. The van der Waals surface area contributed by atoms with E-state index in [2.05, 4.69) is 20.6 Å². The first-order valence-electron chi connectivity index (χ1n) is 4.97. The minimum absolute atomic E-state index is 0.00812. The molecule has 0 radical (unpaired) electrons. The molecule has 0 saturated heterocycles. The fourth-order valence-corrected chi connectivity index (χ4v) is 1.01. The average Bonchev–Trinajstić information content (AvgIpc) is 2.28. The van der Waals surface area contributed by atoms with Gasteiger partial charge in [0.25, 0.3) is 0 Å². The predicted octanol–water partition coefficient (Wildman–Crippen LogP) is -0.119. The highest BCUT2D eigenvalue weighted by Crippen LogP contribution is 2.08. The number of carbonyl (C=O) groups excluding carboxylic acids is 1. The molecule has 0 aliphatic carbocycles. The maximum Gasteiger partial charge on any atom is 0.316 e. The number of halogens is 1. The van der Waals surface area contributed by atoms with Crippen LogP contribution in [0.15, 0.2) is 6.20 Å². The van der Waals surface area contributed by atoms with Crippen LogP contribution < -0.4 is 16.4 Å². The van der Waals surface area contributed by atoms with E-state index in [1.807, 2.05) is 0 Å². The Labute approximate surface area is 98.2 Å². The van der Waals surface area contributed by atoms with Crippen molar-refractivity contribution in [3.05, 3.63) is 12.0 Å². The fourth-order valence-electron chi connectivity index (χ4n) is 1.01. The summed E-state index contributed by atoms with van der Waals surface area (Å²) in [5.41, 5.74) is 5.31. The van der Waals surface area contributed by atoms with Crippen molar-refractivity contribution in [1.82, 2.24) is 20.2 Å². The molecule has 1 rings (SSSR count). The van der Waals surface area contributed by atoms with Gasteiger partial charge in [-0.15, -0.1) is 0 Å². The van der Waals surface area contributed by atoms with Gasteiger partial charge in [-0.05, 0) is 0 Å². The molecule has 1 heterocycles. The molecule has 17 heavy (non-hydrogen) atoms. The highest BCUT2D eigenvalue weighted by atomic mass is 19.1. The molecule has 0 aliphatic heterocycles. The zero-order chi connectivity index (χ0) is 12.8. The summed E-state index contributed by atoms with van der Waals surface area (Å²) in [5.74, 6) is -0.569. The largest absolute Gasteiger partial charge is 0.368 e. The first-order valence-corrected chi connectivity index (χ1v) is 4.97. The summed E-state index contributed by atoms with van der Waals surface area (Å²) in [5, 5.41) is 5.32. The van der Waals surface area contributed by atoms with Gasteiger partial charge in [-0.2, -0.15) is 4.98 Å². The topological polar surface area (TPSA) is 96.2 Å². The van der Waals surface area contributed by atoms with Crippen molar-refractivity contribution in [1.29, 1.82) is 0 Å². The molecule has 0 fully saturated rings. The molecule has 1 aromatic heterocycles. The normalized spacial score (nSPS) is 9.82. The maximum absolute atomic E-state index is 13.1. The van der Waals surface area contributed by atoms with Crippen molar-refractivity contribution in [2.45, 2.75) is 0 Å². The van der Waals surface area contributed by atoms with Crippen molar-refractivity contribution in [3.8, 4) is 0 Å². The summed E-state index contributed by atoms with van der Waals surface area (Å²) in [4.78, 5) is 19.7. The minimum Gasteiger partial charge on any atom is -0.368 e. The molecule has 2 amide bonds. The average molecular weight is 242 g/mol. The maximum atomic E-state index is 13.1. The van der Waals surface area contributed by atoms with E-state index >= 15 is 0 Å². The number of rotatable bonds is 4. The third-order valence-corrected chi connectivity index (χ3v) is 1.86. The fraction of sp³-hybridized carbons (Fsp3) is 0.444. The lowest BCUT2D eigenvalue weighted by Crippen LogP contribution is -2.37. The summed E-state index contributed by atoms with van der Waals surface area (Å²) in [6.45, 7) is 0.688. The van der Waals surface area contributed by atoms with Crippen LogP contribution in [0.2, 0.25) is 0 Å². The predicted molar refractivity (Wildman–Crippen MR) is 62.0 cm³/mol. The molecule has 0 saturated carbocycles. The molecule has 0 atom stereocenters. The molecule has 94 valence electrons. The SMILES string of the molecule is CN(C)C(=O)NCCNc1nc(N)ncc1F. The van der Waals surface area contributed by atoms with E-state index in [1.165, 1.54) is 4.90 Å². The Hall–Kier alpha value is -2.12. The van der Waals surface area contributed by atoms with Crippen molar-refractivity contribution >= 4 is 17.8 Å². The van der Waals surface area contributed by atoms with Crippen LogP contribution >= 0.6 is 0 Å². The van der Waals surface area contributed by atoms with Gasteiger partial charge in [0.15, 0.2) is 11.6 Å². The zero-order valence-electron chi connectivity index (χ0n) is 9.70. The lowest BCUT2D eigenvalue weighted by molar-refractivity contribution is 0.218. The lowest BCUT2D eigenvalue weighted by atomic mass is 10.5. The van der Waals surface area contributed by atoms with Crippen LogP contribution in [0, 0.1) is 5.82 Å². The number of amides is 2. The molecule has 4 N–H and O–H groups in total. The molecule has 0 spiro atoms. The third kappa shape index (κ3) is 4.09. The Kier molecular flexibility index (Phi) is 4.44. The highest BCUT2D eigenvalue weighted by molar-refractivity contribution is 5.73. The van der Waals surface area contributed by atoms with Gasteiger partial charge in [-0.25, -0.2) is 14.2 Å². The van der Waals surface area contributed by atoms with Crippen LogP contribution in [0.5, 0.6) is 0 Å². The molecule has 8 heteroatoms. The zero-order valence-corrected chi connectivity index (χ0v) is 9.70. The number of nitrogens with zero attached hydrogens (tertiary/aromatic N) is 3. The van der Waals surface area contributed by atoms with Gasteiger partial charge in [0.1, 0.15) is 0 Å². The van der Waals surface area contributed by atoms with E-state index in [-0.39, 0.29) is 17.8 Å². The molecular weight excluding hydrogens is 227 g/mol. The molecular formula is C9H15FN6O. The van der Waals surface area contributed by atoms with E-state index in [4.69, 9.17) is 5.73 Å². The standard InChI is InChI=1S/C9H15FN6O/c1-16(2)9(17)13-4-3-12-7-6(10)5-14-8(11)15-7/h5H,3-4H2,1-2H3,(H,13,17)(H3,11,12,14,15). The van der Waals surface area contributed by atoms with E-state index in [9.17, 15) is 9.18 Å². The number of nitrogens with one attached hydrogen (secondary N) is 2. The number of nitrogen functional groups attached to an aromatic ring is 1. The first kappa shape index (κ1) is 12.9. The van der Waals surface area contributed by atoms with Crippen LogP contribution in [0.4, 0.5) is 21.0 Å². The molecule has 0 unspecified atom stereocenters. The second-order valence-corrected chi connectivity index (χ2v) is 3.48. The lowest BCUT2D eigenvalue weighted by Gasteiger charge is -2.12. The summed E-state index contributed by atoms with van der Waals surface area (Å²) in [7, 11) is 3.26. The molecule has 7 nitrogen and oxygen atoms in total. The number of anilines is 2. The number of hydrogen-bond donors (Lipinski definition) is 3. The molecule has 0 aromatic carbocycles. The Morgan fingerprint density at radius 3 is 2.88 bits per heavy atom. The highest BCUT2D eigenvalue weighted by Gasteiger charge is 2.05. The van der Waals surface area contributed by atoms with Gasteiger partial charge in [-0.3, -0.25) is 0 Å². The molecule has 0 aliphatic rings. The van der Waals surface area contributed by atoms with Crippen LogP contribution in [0.25, 0.3) is 0 Å². The van der Waals surface area contributed by atoms with Crippen molar-refractivity contribution in [2.75, 3.05) is 38.2 Å². The molecule has 0 bridgehead atoms. The van der Waals surface area contributed by atoms with Gasteiger partial charge in [0, 0.05) is 27.2 Å². The summed E-state index contributed by atoms with van der Waals surface area (Å²) >= 11 is 0. The first-order chi connectivity index (χ1) is 8.00. The second kappa shape index (κ2) is 5.83. The van der Waals surface area contributed by atoms with E-state index in [0.29, 0.717) is 13.1 Å². The quantitative estimate of drug-likeness (QED) is 0.640. The Morgan fingerprint density at radius 2 is 2.24 bits per heavy atom. The van der Waals surface area contributed by atoms with Crippen LogP contribution in [0.3, 0.4) is 0 Å². The van der Waals surface area contributed by atoms with Gasteiger partial charge >= 0.3 is 6.03 Å². The number of nitrogens with two attached hydrogens (primary N) is 1. The summed E-state index contributed by atoms with van der Waals surface area (Å²) < 4.78 is 13.1. The van der Waals surface area contributed by atoms with Crippen LogP contribution in [0.1, 0.15) is 0 Å². The van der Waals surface area contributed by atoms with E-state index in [0.717, 1.165) is 6.20 Å². The number of urea groups is 1. The van der Waals surface area contributed by atoms with Crippen molar-refractivity contribution in [2.24, 2.45) is 0 Å². The van der Waals surface area contributed by atoms with Gasteiger partial charge in [-0.1, -0.05) is 0 Å². The smallest absolute Gasteiger partial charge is 0.316 e. The van der Waals surface area contributed by atoms with Gasteiger partial charge < -0.3 is 21.3 Å². The Morgan fingerprint density at radius 1 is 1.53 bits per heavy atom.